The van der Waals surface area contributed by atoms with Gasteiger partial charge in [-0.05, 0) is 31.6 Å². The summed E-state index contributed by atoms with van der Waals surface area (Å²) in [4.78, 5) is 11.8. The van der Waals surface area contributed by atoms with Gasteiger partial charge in [-0.1, -0.05) is 27.7 Å². The molecule has 0 amide bonds. The summed E-state index contributed by atoms with van der Waals surface area (Å²) >= 11 is 0. The number of nitrogens with two attached hydrogens (primary N) is 1. The fourth-order valence-electron chi connectivity index (χ4n) is 1.98. The van der Waals surface area contributed by atoms with Crippen molar-refractivity contribution in [3.8, 4) is 0 Å². The lowest BCUT2D eigenvalue weighted by atomic mass is 9.83. The molecule has 0 radical (unpaired) electrons. The summed E-state index contributed by atoms with van der Waals surface area (Å²) in [5.74, 6) is 0.545. The van der Waals surface area contributed by atoms with Crippen LogP contribution in [-0.4, -0.2) is 18.1 Å². The molecule has 0 rings (SSSR count). The van der Waals surface area contributed by atoms with Crippen LogP contribution >= 0.6 is 0 Å². The van der Waals surface area contributed by atoms with Gasteiger partial charge in [-0.15, -0.1) is 0 Å². The lowest BCUT2D eigenvalue weighted by Crippen LogP contribution is -2.51. The highest BCUT2D eigenvalue weighted by Crippen LogP contribution is 2.23. The van der Waals surface area contributed by atoms with Gasteiger partial charge in [0.2, 0.25) is 0 Å². The van der Waals surface area contributed by atoms with E-state index >= 15 is 0 Å². The van der Waals surface area contributed by atoms with Gasteiger partial charge in [-0.25, -0.2) is 0 Å². The third-order valence-electron chi connectivity index (χ3n) is 2.23. The zero-order chi connectivity index (χ0) is 12.1. The number of esters is 1. The Labute approximate surface area is 93.4 Å². The summed E-state index contributed by atoms with van der Waals surface area (Å²) in [6.07, 6.45) is 1.37. The van der Waals surface area contributed by atoms with Crippen LogP contribution in [0.25, 0.3) is 0 Å². The molecular formula is C12H25NO2. The molecule has 0 fully saturated rings. The molecule has 2 N–H and O–H groups in total. The molecule has 0 saturated heterocycles. The van der Waals surface area contributed by atoms with Crippen molar-refractivity contribution in [1.82, 2.24) is 0 Å². The fraction of sp³-hybridized carbons (Fsp3) is 0.917. The Morgan fingerprint density at radius 3 is 1.87 bits per heavy atom. The van der Waals surface area contributed by atoms with Gasteiger partial charge in [-0.2, -0.15) is 0 Å². The van der Waals surface area contributed by atoms with Gasteiger partial charge in [0.25, 0.3) is 0 Å². The average Bonchev–Trinajstić information content (AvgIpc) is 2.01. The van der Waals surface area contributed by atoms with E-state index in [1.54, 1.807) is 0 Å². The zero-order valence-corrected chi connectivity index (χ0v) is 10.7. The Hall–Kier alpha value is -0.570. The third-order valence-corrected chi connectivity index (χ3v) is 2.23. The molecule has 0 aromatic rings. The summed E-state index contributed by atoms with van der Waals surface area (Å²) in [5.41, 5.74) is 5.35. The Morgan fingerprint density at radius 1 is 1.20 bits per heavy atom. The van der Waals surface area contributed by atoms with Crippen LogP contribution in [0.5, 0.6) is 0 Å². The summed E-state index contributed by atoms with van der Waals surface area (Å²) in [6, 6.07) is 0. The van der Waals surface area contributed by atoms with E-state index in [-0.39, 0.29) is 5.97 Å². The van der Waals surface area contributed by atoms with Crippen molar-refractivity contribution in [2.45, 2.75) is 53.0 Å². The Bertz CT molecular complexity index is 190. The minimum Gasteiger partial charge on any atom is -0.465 e. The van der Waals surface area contributed by atoms with Gasteiger partial charge in [0.05, 0.1) is 6.61 Å². The zero-order valence-electron chi connectivity index (χ0n) is 10.7. The smallest absolute Gasteiger partial charge is 0.326 e. The van der Waals surface area contributed by atoms with Crippen LogP contribution in [0.15, 0.2) is 0 Å². The van der Waals surface area contributed by atoms with E-state index in [9.17, 15) is 4.79 Å². The van der Waals surface area contributed by atoms with Crippen molar-refractivity contribution in [1.29, 1.82) is 0 Å². The summed E-state index contributed by atoms with van der Waals surface area (Å²) in [7, 11) is 0. The van der Waals surface area contributed by atoms with Crippen molar-refractivity contribution in [2.75, 3.05) is 6.61 Å². The lowest BCUT2D eigenvalue weighted by molar-refractivity contribution is -0.151. The molecule has 0 atom stereocenters. The molecule has 0 aliphatic rings. The maximum atomic E-state index is 11.8. The topological polar surface area (TPSA) is 52.3 Å². The first-order valence-electron chi connectivity index (χ1n) is 5.78. The van der Waals surface area contributed by atoms with E-state index in [2.05, 4.69) is 27.7 Å². The van der Waals surface area contributed by atoms with Crippen molar-refractivity contribution < 1.29 is 9.53 Å². The number of carbonyl (C=O) groups excluding carboxylic acids is 1. The van der Waals surface area contributed by atoms with Crippen LogP contribution < -0.4 is 5.73 Å². The minimum absolute atomic E-state index is 0.257. The minimum atomic E-state index is -0.807. The van der Waals surface area contributed by atoms with E-state index < -0.39 is 5.54 Å². The molecule has 3 nitrogen and oxygen atoms in total. The van der Waals surface area contributed by atoms with Gasteiger partial charge < -0.3 is 10.5 Å². The largest absolute Gasteiger partial charge is 0.465 e. The molecule has 0 bridgehead atoms. The molecule has 0 unspecified atom stereocenters. The van der Waals surface area contributed by atoms with E-state index in [4.69, 9.17) is 10.5 Å². The highest BCUT2D eigenvalue weighted by molar-refractivity contribution is 5.80. The molecule has 15 heavy (non-hydrogen) atoms. The third kappa shape index (κ3) is 5.17. The molecule has 3 heteroatoms. The lowest BCUT2D eigenvalue weighted by Gasteiger charge is -2.30. The first kappa shape index (κ1) is 14.4. The first-order valence-corrected chi connectivity index (χ1v) is 5.78. The number of hydrogen-bond acceptors (Lipinski definition) is 3. The molecule has 0 heterocycles. The monoisotopic (exact) mass is 215 g/mol. The SMILES string of the molecule is CCOC(=O)C(N)(CC(C)C)CC(C)C. The predicted molar refractivity (Wildman–Crippen MR) is 62.5 cm³/mol. The number of hydrogen-bond donors (Lipinski definition) is 1. The van der Waals surface area contributed by atoms with Crippen LogP contribution in [0.2, 0.25) is 0 Å². The van der Waals surface area contributed by atoms with Crippen LogP contribution in [-0.2, 0) is 9.53 Å². The van der Waals surface area contributed by atoms with Crippen LogP contribution in [0.4, 0.5) is 0 Å². The molecule has 0 spiro atoms. The molecule has 0 aromatic heterocycles. The highest BCUT2D eigenvalue weighted by Gasteiger charge is 2.36. The molecule has 0 aromatic carbocycles. The molecule has 90 valence electrons. The Morgan fingerprint density at radius 2 is 1.60 bits per heavy atom. The molecular weight excluding hydrogens is 190 g/mol. The quantitative estimate of drug-likeness (QED) is 0.692. The van der Waals surface area contributed by atoms with Crippen molar-refractivity contribution >= 4 is 5.97 Å². The maximum absolute atomic E-state index is 11.8. The molecule has 0 saturated carbocycles. The van der Waals surface area contributed by atoms with Crippen molar-refractivity contribution in [3.63, 3.8) is 0 Å². The normalized spacial score (nSPS) is 12.3. The Balaban J connectivity index is 4.60. The first-order chi connectivity index (χ1) is 6.81. The second-order valence-corrected chi connectivity index (χ2v) is 5.07. The van der Waals surface area contributed by atoms with E-state index in [0.29, 0.717) is 31.3 Å². The van der Waals surface area contributed by atoms with Crippen molar-refractivity contribution in [3.05, 3.63) is 0 Å². The highest BCUT2D eigenvalue weighted by atomic mass is 16.5. The average molecular weight is 215 g/mol. The van der Waals surface area contributed by atoms with E-state index in [1.807, 2.05) is 6.92 Å². The molecule has 0 aliphatic carbocycles. The number of carbonyl (C=O) groups is 1. The summed E-state index contributed by atoms with van der Waals surface area (Å²) in [5, 5.41) is 0. The molecule has 0 aliphatic heterocycles. The summed E-state index contributed by atoms with van der Waals surface area (Å²) in [6.45, 7) is 10.5. The van der Waals surface area contributed by atoms with Crippen LogP contribution in [0, 0.1) is 11.8 Å². The van der Waals surface area contributed by atoms with E-state index in [0.717, 1.165) is 0 Å². The van der Waals surface area contributed by atoms with Gasteiger partial charge in [0, 0.05) is 0 Å². The maximum Gasteiger partial charge on any atom is 0.326 e. The number of ether oxygens (including phenoxy) is 1. The van der Waals surface area contributed by atoms with Crippen molar-refractivity contribution in [2.24, 2.45) is 17.6 Å². The second-order valence-electron chi connectivity index (χ2n) is 5.07. The standard InChI is InChI=1S/C12H25NO2/c1-6-15-11(14)12(13,7-9(2)3)8-10(4)5/h9-10H,6-8,13H2,1-5H3. The van der Waals surface area contributed by atoms with Gasteiger partial charge >= 0.3 is 5.97 Å². The van der Waals surface area contributed by atoms with Gasteiger partial charge in [0.15, 0.2) is 0 Å². The van der Waals surface area contributed by atoms with E-state index in [1.165, 1.54) is 0 Å². The van der Waals surface area contributed by atoms with Crippen LogP contribution in [0.1, 0.15) is 47.5 Å². The summed E-state index contributed by atoms with van der Waals surface area (Å²) < 4.78 is 5.04. The van der Waals surface area contributed by atoms with Gasteiger partial charge in [0.1, 0.15) is 5.54 Å². The Kier molecular flexibility index (Phi) is 5.88. The predicted octanol–water partition coefficient (Wildman–Crippen LogP) is 2.34. The second kappa shape index (κ2) is 6.11. The van der Waals surface area contributed by atoms with Gasteiger partial charge in [-0.3, -0.25) is 4.79 Å². The number of rotatable bonds is 6. The fourth-order valence-corrected chi connectivity index (χ4v) is 1.98. The van der Waals surface area contributed by atoms with Crippen LogP contribution in [0.3, 0.4) is 0 Å².